The molecule has 1 aliphatic carbocycles. The highest BCUT2D eigenvalue weighted by Gasteiger charge is 2.35. The van der Waals surface area contributed by atoms with Crippen LogP contribution >= 0.6 is 11.3 Å². The lowest BCUT2D eigenvalue weighted by molar-refractivity contribution is -0.134. The standard InChI is InChI=1S/C17H22N4O2S/c1-23-10-15-17-14(21(19-18-17)9-12-2-3-12)4-6-20(15)16(22)8-13-5-7-24-11-13/h5,7,11-12,15H,2-4,6,8-10H2,1H3. The van der Waals surface area contributed by atoms with Crippen LogP contribution in [0.5, 0.6) is 0 Å². The van der Waals surface area contributed by atoms with Crippen molar-refractivity contribution in [3.05, 3.63) is 33.8 Å². The van der Waals surface area contributed by atoms with Gasteiger partial charge in [-0.3, -0.25) is 4.79 Å². The number of hydrogen-bond acceptors (Lipinski definition) is 5. The van der Waals surface area contributed by atoms with Crippen LogP contribution in [0.3, 0.4) is 0 Å². The van der Waals surface area contributed by atoms with E-state index < -0.39 is 0 Å². The Kier molecular flexibility index (Phi) is 4.37. The quantitative estimate of drug-likeness (QED) is 0.803. The van der Waals surface area contributed by atoms with Crippen LogP contribution in [0.2, 0.25) is 0 Å². The first-order valence-electron chi connectivity index (χ1n) is 8.48. The number of amides is 1. The smallest absolute Gasteiger partial charge is 0.227 e. The van der Waals surface area contributed by atoms with E-state index in [-0.39, 0.29) is 11.9 Å². The number of fused-ring (bicyclic) bond motifs is 1. The highest BCUT2D eigenvalue weighted by molar-refractivity contribution is 7.08. The predicted molar refractivity (Wildman–Crippen MR) is 90.8 cm³/mol. The van der Waals surface area contributed by atoms with Crippen LogP contribution in [0.15, 0.2) is 16.8 Å². The third kappa shape index (κ3) is 3.10. The van der Waals surface area contributed by atoms with Crippen molar-refractivity contribution >= 4 is 17.2 Å². The first kappa shape index (κ1) is 15.8. The molecule has 3 heterocycles. The zero-order valence-electron chi connectivity index (χ0n) is 13.9. The number of aromatic nitrogens is 3. The lowest BCUT2D eigenvalue weighted by Crippen LogP contribution is -2.43. The maximum absolute atomic E-state index is 12.8. The van der Waals surface area contributed by atoms with Gasteiger partial charge < -0.3 is 9.64 Å². The molecule has 2 aromatic heterocycles. The fourth-order valence-electron chi connectivity index (χ4n) is 3.38. The minimum absolute atomic E-state index is 0.127. The van der Waals surface area contributed by atoms with E-state index in [9.17, 15) is 4.79 Å². The second-order valence-corrected chi connectivity index (χ2v) is 7.44. The Bertz CT molecular complexity index is 708. The zero-order valence-corrected chi connectivity index (χ0v) is 14.7. The summed E-state index contributed by atoms with van der Waals surface area (Å²) < 4.78 is 7.44. The van der Waals surface area contributed by atoms with Gasteiger partial charge in [0.15, 0.2) is 0 Å². The van der Waals surface area contributed by atoms with Crippen molar-refractivity contribution < 1.29 is 9.53 Å². The number of methoxy groups -OCH3 is 1. The van der Waals surface area contributed by atoms with E-state index in [1.54, 1.807) is 18.4 Å². The van der Waals surface area contributed by atoms with Gasteiger partial charge in [-0.25, -0.2) is 4.68 Å². The van der Waals surface area contributed by atoms with Gasteiger partial charge in [-0.1, -0.05) is 5.21 Å². The number of thiophene rings is 1. The highest BCUT2D eigenvalue weighted by atomic mass is 32.1. The summed E-state index contributed by atoms with van der Waals surface area (Å²) in [5.41, 5.74) is 3.18. The largest absolute Gasteiger partial charge is 0.382 e. The van der Waals surface area contributed by atoms with Crippen LogP contribution in [-0.4, -0.2) is 46.1 Å². The summed E-state index contributed by atoms with van der Waals surface area (Å²) in [5, 5.41) is 12.8. The summed E-state index contributed by atoms with van der Waals surface area (Å²) in [6.07, 6.45) is 3.85. The molecular weight excluding hydrogens is 324 g/mol. The molecule has 4 rings (SSSR count). The molecule has 1 atom stereocenters. The number of ether oxygens (including phenoxy) is 1. The van der Waals surface area contributed by atoms with Crippen LogP contribution in [0.1, 0.15) is 35.8 Å². The molecule has 1 saturated carbocycles. The van der Waals surface area contributed by atoms with Crippen molar-refractivity contribution in [2.45, 2.75) is 38.3 Å². The van der Waals surface area contributed by atoms with E-state index in [0.29, 0.717) is 19.6 Å². The second-order valence-electron chi connectivity index (χ2n) is 6.66. The molecule has 2 aromatic rings. The Hall–Kier alpha value is -1.73. The molecule has 0 spiro atoms. The summed E-state index contributed by atoms with van der Waals surface area (Å²) >= 11 is 1.62. The van der Waals surface area contributed by atoms with E-state index >= 15 is 0 Å². The van der Waals surface area contributed by atoms with Crippen molar-refractivity contribution in [1.82, 2.24) is 19.9 Å². The van der Waals surface area contributed by atoms with Gasteiger partial charge in [-0.05, 0) is 41.1 Å². The third-order valence-electron chi connectivity index (χ3n) is 4.86. The van der Waals surface area contributed by atoms with Gasteiger partial charge in [-0.15, -0.1) is 5.10 Å². The minimum atomic E-state index is -0.127. The lowest BCUT2D eigenvalue weighted by Gasteiger charge is -2.34. The number of carbonyl (C=O) groups excluding carboxylic acids is 1. The van der Waals surface area contributed by atoms with Crippen LogP contribution in [0.25, 0.3) is 0 Å². The Morgan fingerprint density at radius 1 is 1.46 bits per heavy atom. The SMILES string of the molecule is COCC1c2nnn(CC3CC3)c2CCN1C(=O)Cc1ccsc1. The lowest BCUT2D eigenvalue weighted by atomic mass is 10.0. The van der Waals surface area contributed by atoms with Crippen LogP contribution in [0.4, 0.5) is 0 Å². The Morgan fingerprint density at radius 2 is 2.33 bits per heavy atom. The van der Waals surface area contributed by atoms with E-state index in [1.807, 2.05) is 21.7 Å². The van der Waals surface area contributed by atoms with Gasteiger partial charge in [0.2, 0.25) is 5.91 Å². The fraction of sp³-hybridized carbons (Fsp3) is 0.588. The van der Waals surface area contributed by atoms with Crippen LogP contribution in [-0.2, 0) is 28.9 Å². The third-order valence-corrected chi connectivity index (χ3v) is 5.59. The average molecular weight is 346 g/mol. The Morgan fingerprint density at radius 3 is 3.04 bits per heavy atom. The first-order chi connectivity index (χ1) is 11.8. The molecule has 24 heavy (non-hydrogen) atoms. The average Bonchev–Trinajstić information content (AvgIpc) is 3.06. The van der Waals surface area contributed by atoms with Crippen molar-refractivity contribution in [2.75, 3.05) is 20.3 Å². The summed E-state index contributed by atoms with van der Waals surface area (Å²) in [6, 6.07) is 1.88. The summed E-state index contributed by atoms with van der Waals surface area (Å²) in [5.74, 6) is 0.896. The van der Waals surface area contributed by atoms with Crippen molar-refractivity contribution in [3.8, 4) is 0 Å². The molecule has 128 valence electrons. The number of nitrogens with zero attached hydrogens (tertiary/aromatic N) is 4. The van der Waals surface area contributed by atoms with E-state index in [1.165, 1.54) is 18.5 Å². The van der Waals surface area contributed by atoms with E-state index in [0.717, 1.165) is 30.1 Å². The first-order valence-corrected chi connectivity index (χ1v) is 9.42. The maximum atomic E-state index is 12.8. The summed E-state index contributed by atoms with van der Waals surface area (Å²) in [4.78, 5) is 14.7. The second kappa shape index (κ2) is 6.64. The number of rotatable bonds is 6. The van der Waals surface area contributed by atoms with Gasteiger partial charge in [0, 0.05) is 26.6 Å². The van der Waals surface area contributed by atoms with Crippen LogP contribution < -0.4 is 0 Å². The highest BCUT2D eigenvalue weighted by Crippen LogP contribution is 2.33. The van der Waals surface area contributed by atoms with Gasteiger partial charge in [0.05, 0.1) is 18.7 Å². The predicted octanol–water partition coefficient (Wildman–Crippen LogP) is 2.06. The Balaban J connectivity index is 1.55. The van der Waals surface area contributed by atoms with Crippen molar-refractivity contribution in [2.24, 2.45) is 5.92 Å². The normalized spacial score (nSPS) is 20.2. The molecule has 0 aromatic carbocycles. The maximum Gasteiger partial charge on any atom is 0.227 e. The molecular formula is C17H22N4O2S. The molecule has 1 fully saturated rings. The monoisotopic (exact) mass is 346 g/mol. The molecule has 0 bridgehead atoms. The molecule has 6 nitrogen and oxygen atoms in total. The number of hydrogen-bond donors (Lipinski definition) is 0. The molecule has 7 heteroatoms. The van der Waals surface area contributed by atoms with Crippen molar-refractivity contribution in [3.63, 3.8) is 0 Å². The van der Waals surface area contributed by atoms with E-state index in [2.05, 4.69) is 15.0 Å². The van der Waals surface area contributed by atoms with Gasteiger partial charge in [0.1, 0.15) is 11.7 Å². The van der Waals surface area contributed by atoms with Crippen LogP contribution in [0, 0.1) is 5.92 Å². The molecule has 0 N–H and O–H groups in total. The topological polar surface area (TPSA) is 60.3 Å². The molecule has 0 saturated heterocycles. The molecule has 2 aliphatic rings. The molecule has 1 unspecified atom stereocenters. The zero-order chi connectivity index (χ0) is 16.5. The molecule has 0 radical (unpaired) electrons. The van der Waals surface area contributed by atoms with E-state index in [4.69, 9.17) is 4.74 Å². The summed E-state index contributed by atoms with van der Waals surface area (Å²) in [7, 11) is 1.67. The minimum Gasteiger partial charge on any atom is -0.382 e. The molecule has 1 aliphatic heterocycles. The van der Waals surface area contributed by atoms with Gasteiger partial charge in [-0.2, -0.15) is 11.3 Å². The Labute approximate surface area is 145 Å². The van der Waals surface area contributed by atoms with Crippen molar-refractivity contribution in [1.29, 1.82) is 0 Å². The fourth-order valence-corrected chi connectivity index (χ4v) is 4.05. The summed E-state index contributed by atoms with van der Waals surface area (Å²) in [6.45, 7) is 2.14. The van der Waals surface area contributed by atoms with Gasteiger partial charge >= 0.3 is 0 Å². The van der Waals surface area contributed by atoms with Gasteiger partial charge in [0.25, 0.3) is 0 Å². The number of carbonyl (C=O) groups is 1. The molecule has 1 amide bonds.